The molecule has 0 radical (unpaired) electrons. The van der Waals surface area contributed by atoms with Crippen LogP contribution in [0.4, 0.5) is 0 Å². The minimum atomic E-state index is -0.442. The van der Waals surface area contributed by atoms with Gasteiger partial charge in [-0.25, -0.2) is 0 Å². The number of amides is 1. The first-order valence-corrected chi connectivity index (χ1v) is 3.41. The van der Waals surface area contributed by atoms with E-state index in [1.165, 1.54) is 12.1 Å². The van der Waals surface area contributed by atoms with E-state index in [1.807, 2.05) is 4.40 Å². The standard InChI is InChI=1S/C7H7NO2.Ni/c8-7(10)5-3-1-2-4-6(5)9;/h1-4H,(H3,8,9,10);/q;+1/p-1. The third-order valence-corrected chi connectivity index (χ3v) is 1.44. The fraction of sp³-hybridized carbons (Fsp3) is 0. The van der Waals surface area contributed by atoms with Crippen LogP contribution in [-0.2, 0) is 15.7 Å². The number of phenols is 1. The van der Waals surface area contributed by atoms with E-state index in [2.05, 4.69) is 15.7 Å². The number of hydrogen-bond acceptors (Lipinski definition) is 2. The molecule has 0 spiro atoms. The van der Waals surface area contributed by atoms with Crippen LogP contribution in [0.2, 0.25) is 0 Å². The second-order valence-electron chi connectivity index (χ2n) is 1.93. The zero-order chi connectivity index (χ0) is 8.27. The number of phenolic OH excluding ortho intramolecular Hbond substituents is 1. The van der Waals surface area contributed by atoms with E-state index in [0.717, 1.165) is 0 Å². The summed E-state index contributed by atoms with van der Waals surface area (Å²) in [6, 6.07) is 6.23. The number of para-hydroxylation sites is 1. The molecule has 2 N–H and O–H groups in total. The monoisotopic (exact) mass is 194 g/mol. The first-order valence-electron chi connectivity index (χ1n) is 2.91. The molecule has 1 amide bonds. The van der Waals surface area contributed by atoms with Gasteiger partial charge in [0, 0.05) is 0 Å². The molecular weight excluding hydrogens is 189 g/mol. The number of carbonyl (C=O) groups excluding carboxylic acids is 1. The summed E-state index contributed by atoms with van der Waals surface area (Å²) in [5, 5.41) is 9.11. The predicted molar refractivity (Wildman–Crippen MR) is 35.6 cm³/mol. The van der Waals surface area contributed by atoms with Gasteiger partial charge in [0.05, 0.1) is 0 Å². The molecule has 0 aliphatic rings. The fourth-order valence-electron chi connectivity index (χ4n) is 0.708. The van der Waals surface area contributed by atoms with E-state index in [-0.39, 0.29) is 11.3 Å². The summed E-state index contributed by atoms with van der Waals surface area (Å²) in [7, 11) is 0. The van der Waals surface area contributed by atoms with E-state index < -0.39 is 5.91 Å². The van der Waals surface area contributed by atoms with Gasteiger partial charge in [0.1, 0.15) is 0 Å². The van der Waals surface area contributed by atoms with Gasteiger partial charge in [0.25, 0.3) is 0 Å². The Kier molecular flexibility index (Phi) is 2.50. The zero-order valence-electron chi connectivity index (χ0n) is 5.48. The Hall–Kier alpha value is -1.02. The van der Waals surface area contributed by atoms with Crippen LogP contribution in [0, 0.1) is 0 Å². The second kappa shape index (κ2) is 3.40. The topological polar surface area (TPSA) is 49.3 Å². The van der Waals surface area contributed by atoms with Crippen LogP contribution in [0.1, 0.15) is 10.4 Å². The van der Waals surface area contributed by atoms with Crippen LogP contribution in [0.3, 0.4) is 0 Å². The molecule has 11 heavy (non-hydrogen) atoms. The summed E-state index contributed by atoms with van der Waals surface area (Å²) >= 11 is 4.03. The molecule has 0 aliphatic carbocycles. The Labute approximate surface area is 72.0 Å². The van der Waals surface area contributed by atoms with Crippen LogP contribution in [0.5, 0.6) is 5.75 Å². The van der Waals surface area contributed by atoms with Crippen molar-refractivity contribution in [2.45, 2.75) is 0 Å². The predicted octanol–water partition coefficient (Wildman–Crippen LogP) is 0.584. The molecule has 1 aromatic carbocycles. The van der Waals surface area contributed by atoms with E-state index >= 15 is 0 Å². The van der Waals surface area contributed by atoms with Crippen LogP contribution in [0.25, 0.3) is 0 Å². The van der Waals surface area contributed by atoms with Crippen molar-refractivity contribution in [1.82, 2.24) is 4.40 Å². The molecule has 0 fully saturated rings. The Bertz CT molecular complexity index is 275. The van der Waals surface area contributed by atoms with Crippen molar-refractivity contribution in [3.05, 3.63) is 29.8 Å². The van der Waals surface area contributed by atoms with Crippen LogP contribution in [-0.4, -0.2) is 11.0 Å². The molecular formula is C7H6NNiO2. The van der Waals surface area contributed by atoms with E-state index in [9.17, 15) is 4.79 Å². The molecule has 3 nitrogen and oxygen atoms in total. The molecule has 0 saturated heterocycles. The average Bonchev–Trinajstić information content (AvgIpc) is 2.04. The fourth-order valence-corrected chi connectivity index (χ4v) is 0.841. The summed E-state index contributed by atoms with van der Waals surface area (Å²) in [5.74, 6) is -0.495. The second-order valence-corrected chi connectivity index (χ2v) is 2.17. The Morgan fingerprint density at radius 2 is 2.09 bits per heavy atom. The number of nitrogens with one attached hydrogen (secondary N) is 1. The third-order valence-electron chi connectivity index (χ3n) is 1.22. The van der Waals surface area contributed by atoms with Gasteiger partial charge in [0.2, 0.25) is 0 Å². The molecule has 1 rings (SSSR count). The zero-order valence-corrected chi connectivity index (χ0v) is 6.47. The van der Waals surface area contributed by atoms with Crippen molar-refractivity contribution in [2.24, 2.45) is 0 Å². The van der Waals surface area contributed by atoms with Crippen molar-refractivity contribution >= 4 is 5.91 Å². The van der Waals surface area contributed by atoms with Gasteiger partial charge in [-0.15, -0.1) is 0 Å². The van der Waals surface area contributed by atoms with Gasteiger partial charge < -0.3 is 0 Å². The summed E-state index contributed by atoms with van der Waals surface area (Å²) in [4.78, 5) is 10.9. The summed E-state index contributed by atoms with van der Waals surface area (Å²) < 4.78 is 2.05. The van der Waals surface area contributed by atoms with E-state index in [0.29, 0.717) is 0 Å². The molecule has 0 atom stereocenters. The molecule has 0 heterocycles. The molecule has 0 saturated carbocycles. The first kappa shape index (κ1) is 8.08. The molecule has 0 aliphatic heterocycles. The van der Waals surface area contributed by atoms with Gasteiger partial charge >= 0.3 is 71.5 Å². The summed E-state index contributed by atoms with van der Waals surface area (Å²) in [5.41, 5.74) is 0.207. The number of carbonyl (C=O) groups is 1. The van der Waals surface area contributed by atoms with Crippen LogP contribution in [0.15, 0.2) is 24.3 Å². The van der Waals surface area contributed by atoms with Gasteiger partial charge in [-0.05, 0) is 0 Å². The van der Waals surface area contributed by atoms with Crippen LogP contribution >= 0.6 is 0 Å². The number of aromatic hydroxyl groups is 1. The summed E-state index contributed by atoms with van der Waals surface area (Å²) in [6.07, 6.45) is 0. The van der Waals surface area contributed by atoms with Gasteiger partial charge in [-0.3, -0.25) is 0 Å². The molecule has 1 aromatic rings. The maximum atomic E-state index is 10.9. The molecule has 4 heteroatoms. The van der Waals surface area contributed by atoms with Crippen molar-refractivity contribution < 1.29 is 25.6 Å². The minimum absolute atomic E-state index is 0.0537. The van der Waals surface area contributed by atoms with Gasteiger partial charge in [-0.2, -0.15) is 0 Å². The molecule has 0 bridgehead atoms. The van der Waals surface area contributed by atoms with Crippen molar-refractivity contribution in [3.8, 4) is 5.75 Å². The average molecular weight is 195 g/mol. The SMILES string of the molecule is O=C([NH][Ni])c1ccccc1O. The van der Waals surface area contributed by atoms with Gasteiger partial charge in [-0.1, -0.05) is 0 Å². The number of hydrogen-bond donors (Lipinski definition) is 2. The van der Waals surface area contributed by atoms with Crippen molar-refractivity contribution in [1.29, 1.82) is 0 Å². The first-order chi connectivity index (χ1) is 5.25. The normalized spacial score (nSPS) is 9.27. The Morgan fingerprint density at radius 1 is 1.45 bits per heavy atom. The van der Waals surface area contributed by atoms with E-state index in [1.54, 1.807) is 12.1 Å². The number of benzene rings is 1. The Morgan fingerprint density at radius 3 is 2.64 bits per heavy atom. The van der Waals surface area contributed by atoms with E-state index in [4.69, 9.17) is 5.11 Å². The maximum absolute atomic E-state index is 10.9. The number of rotatable bonds is 1. The van der Waals surface area contributed by atoms with Crippen molar-refractivity contribution in [3.63, 3.8) is 0 Å². The van der Waals surface area contributed by atoms with Gasteiger partial charge in [0.15, 0.2) is 0 Å². The quantitative estimate of drug-likeness (QED) is 0.643. The Balaban J connectivity index is 3.03. The third kappa shape index (κ3) is 1.71. The van der Waals surface area contributed by atoms with Crippen LogP contribution < -0.4 is 4.40 Å². The molecule has 0 aromatic heterocycles. The molecule has 0 unspecified atom stereocenters. The summed E-state index contributed by atoms with van der Waals surface area (Å²) in [6.45, 7) is 0. The molecule has 61 valence electrons. The van der Waals surface area contributed by atoms with Crippen molar-refractivity contribution in [2.75, 3.05) is 0 Å².